The van der Waals surface area contributed by atoms with Crippen molar-refractivity contribution in [1.29, 1.82) is 0 Å². The topological polar surface area (TPSA) is 32.7 Å². The molecule has 0 unspecified atom stereocenters. The monoisotopic (exact) mass is 361 g/mol. The van der Waals surface area contributed by atoms with Gasteiger partial charge in [0.1, 0.15) is 0 Å². The first kappa shape index (κ1) is 20.1. The average Bonchev–Trinajstić information content (AvgIpc) is 2.98. The Kier molecular flexibility index (Phi) is 8.62. The summed E-state index contributed by atoms with van der Waals surface area (Å²) in [6.45, 7) is 10.1. The van der Waals surface area contributed by atoms with E-state index < -0.39 is 6.10 Å². The van der Waals surface area contributed by atoms with Gasteiger partial charge in [-0.1, -0.05) is 44.2 Å². The average molecular weight is 362 g/mol. The summed E-state index contributed by atoms with van der Waals surface area (Å²) in [5, 5.41) is 10.4. The predicted octanol–water partition coefficient (Wildman–Crippen LogP) is 4.48. The van der Waals surface area contributed by atoms with Crippen molar-refractivity contribution in [1.82, 2.24) is 4.90 Å². The summed E-state index contributed by atoms with van der Waals surface area (Å²) in [7, 11) is 0. The van der Waals surface area contributed by atoms with E-state index in [0.717, 1.165) is 25.1 Å². The van der Waals surface area contributed by atoms with Gasteiger partial charge in [-0.05, 0) is 43.5 Å². The van der Waals surface area contributed by atoms with Gasteiger partial charge in [0, 0.05) is 22.8 Å². The SMILES string of the molecule is Cc1ccc(CN(CCC(C)C)C[C@@H](O)COCc2ccccc2)s1. The highest BCUT2D eigenvalue weighted by molar-refractivity contribution is 7.11. The molecule has 0 aliphatic rings. The van der Waals surface area contributed by atoms with E-state index >= 15 is 0 Å². The van der Waals surface area contributed by atoms with Crippen LogP contribution in [0.3, 0.4) is 0 Å². The van der Waals surface area contributed by atoms with E-state index in [-0.39, 0.29) is 0 Å². The van der Waals surface area contributed by atoms with Crippen LogP contribution in [0.4, 0.5) is 0 Å². The molecule has 0 aliphatic heterocycles. The summed E-state index contributed by atoms with van der Waals surface area (Å²) in [6, 6.07) is 14.5. The number of nitrogens with zero attached hydrogens (tertiary/aromatic N) is 1. The molecule has 138 valence electrons. The summed E-state index contributed by atoms with van der Waals surface area (Å²) in [5.74, 6) is 0.666. The maximum atomic E-state index is 10.4. The fourth-order valence-corrected chi connectivity index (χ4v) is 3.64. The summed E-state index contributed by atoms with van der Waals surface area (Å²) in [4.78, 5) is 5.05. The van der Waals surface area contributed by atoms with Gasteiger partial charge in [-0.3, -0.25) is 4.90 Å². The number of thiophene rings is 1. The third-order valence-electron chi connectivity index (χ3n) is 4.09. The van der Waals surface area contributed by atoms with E-state index in [1.54, 1.807) is 0 Å². The number of hydrogen-bond donors (Lipinski definition) is 1. The molecule has 1 aromatic heterocycles. The highest BCUT2D eigenvalue weighted by atomic mass is 32.1. The van der Waals surface area contributed by atoms with E-state index in [1.165, 1.54) is 9.75 Å². The molecule has 0 saturated heterocycles. The van der Waals surface area contributed by atoms with Crippen molar-refractivity contribution in [3.05, 3.63) is 57.8 Å². The number of aryl methyl sites for hydroxylation is 1. The van der Waals surface area contributed by atoms with Gasteiger partial charge in [-0.2, -0.15) is 0 Å². The molecule has 0 spiro atoms. The summed E-state index contributed by atoms with van der Waals surface area (Å²) < 4.78 is 5.69. The van der Waals surface area contributed by atoms with Crippen molar-refractivity contribution in [2.45, 2.75) is 46.4 Å². The van der Waals surface area contributed by atoms with Crippen molar-refractivity contribution in [3.63, 3.8) is 0 Å². The molecule has 0 saturated carbocycles. The van der Waals surface area contributed by atoms with Crippen LogP contribution < -0.4 is 0 Å². The van der Waals surface area contributed by atoms with Crippen LogP contribution in [0, 0.1) is 12.8 Å². The van der Waals surface area contributed by atoms with Crippen LogP contribution in [0.5, 0.6) is 0 Å². The van der Waals surface area contributed by atoms with E-state index in [4.69, 9.17) is 4.74 Å². The zero-order chi connectivity index (χ0) is 18.1. The second kappa shape index (κ2) is 10.7. The quantitative estimate of drug-likeness (QED) is 0.640. The molecule has 4 heteroatoms. The predicted molar refractivity (Wildman–Crippen MR) is 106 cm³/mol. The minimum Gasteiger partial charge on any atom is -0.389 e. The van der Waals surface area contributed by atoms with Crippen LogP contribution in [-0.2, 0) is 17.9 Å². The van der Waals surface area contributed by atoms with Gasteiger partial charge < -0.3 is 9.84 Å². The molecule has 1 atom stereocenters. The van der Waals surface area contributed by atoms with E-state index in [2.05, 4.69) is 37.8 Å². The van der Waals surface area contributed by atoms with Crippen molar-refractivity contribution >= 4 is 11.3 Å². The number of hydrogen-bond acceptors (Lipinski definition) is 4. The lowest BCUT2D eigenvalue weighted by atomic mass is 10.1. The second-order valence-electron chi connectivity index (χ2n) is 7.08. The Morgan fingerprint density at radius 2 is 1.88 bits per heavy atom. The number of rotatable bonds is 11. The van der Waals surface area contributed by atoms with E-state index in [1.807, 2.05) is 41.7 Å². The molecule has 0 bridgehead atoms. The molecule has 0 radical (unpaired) electrons. The Morgan fingerprint density at radius 3 is 2.52 bits per heavy atom. The Labute approximate surface area is 156 Å². The molecular formula is C21H31NO2S. The van der Waals surface area contributed by atoms with Gasteiger partial charge in [0.15, 0.2) is 0 Å². The molecule has 1 N–H and O–H groups in total. The van der Waals surface area contributed by atoms with Gasteiger partial charge in [0.25, 0.3) is 0 Å². The van der Waals surface area contributed by atoms with Gasteiger partial charge >= 0.3 is 0 Å². The van der Waals surface area contributed by atoms with Crippen LogP contribution in [0.1, 0.15) is 35.6 Å². The fraction of sp³-hybridized carbons (Fsp3) is 0.524. The maximum absolute atomic E-state index is 10.4. The maximum Gasteiger partial charge on any atom is 0.0900 e. The molecule has 2 aromatic rings. The first-order valence-electron chi connectivity index (χ1n) is 9.10. The Hall–Kier alpha value is -1.20. The van der Waals surface area contributed by atoms with Crippen LogP contribution in [0.2, 0.25) is 0 Å². The van der Waals surface area contributed by atoms with Gasteiger partial charge in [0.05, 0.1) is 19.3 Å². The largest absolute Gasteiger partial charge is 0.389 e. The normalized spacial score (nSPS) is 12.9. The molecule has 2 rings (SSSR count). The lowest BCUT2D eigenvalue weighted by molar-refractivity contribution is 0.00805. The van der Waals surface area contributed by atoms with Crippen LogP contribution in [-0.4, -0.2) is 35.8 Å². The molecule has 25 heavy (non-hydrogen) atoms. The number of ether oxygens (including phenoxy) is 1. The zero-order valence-corrected chi connectivity index (χ0v) is 16.5. The Balaban J connectivity index is 1.79. The summed E-state index contributed by atoms with van der Waals surface area (Å²) in [6.07, 6.45) is 0.680. The minimum atomic E-state index is -0.461. The zero-order valence-electron chi connectivity index (χ0n) is 15.6. The van der Waals surface area contributed by atoms with Crippen LogP contribution in [0.25, 0.3) is 0 Å². The van der Waals surface area contributed by atoms with Crippen LogP contribution in [0.15, 0.2) is 42.5 Å². The van der Waals surface area contributed by atoms with Crippen molar-refractivity contribution in [2.75, 3.05) is 19.7 Å². The fourth-order valence-electron chi connectivity index (χ4n) is 2.70. The first-order valence-corrected chi connectivity index (χ1v) is 9.92. The molecule has 3 nitrogen and oxygen atoms in total. The number of benzene rings is 1. The lowest BCUT2D eigenvalue weighted by Crippen LogP contribution is -2.35. The standard InChI is InChI=1S/C21H31NO2S/c1-17(2)11-12-22(14-21-10-9-18(3)25-21)13-20(23)16-24-15-19-7-5-4-6-8-19/h4-10,17,20,23H,11-16H2,1-3H3/t20-/m1/s1. The summed E-state index contributed by atoms with van der Waals surface area (Å²) >= 11 is 1.84. The van der Waals surface area contributed by atoms with Crippen molar-refractivity contribution < 1.29 is 9.84 Å². The van der Waals surface area contributed by atoms with Gasteiger partial charge in [-0.25, -0.2) is 0 Å². The molecular weight excluding hydrogens is 330 g/mol. The van der Waals surface area contributed by atoms with Crippen LogP contribution >= 0.6 is 11.3 Å². The third kappa shape index (κ3) is 8.15. The molecule has 1 aromatic carbocycles. The molecule has 0 amide bonds. The summed E-state index contributed by atoms with van der Waals surface area (Å²) in [5.41, 5.74) is 1.14. The Bertz CT molecular complexity index is 597. The molecule has 0 aliphatic carbocycles. The van der Waals surface area contributed by atoms with Crippen molar-refractivity contribution in [2.24, 2.45) is 5.92 Å². The third-order valence-corrected chi connectivity index (χ3v) is 5.07. The smallest absolute Gasteiger partial charge is 0.0900 e. The first-order chi connectivity index (χ1) is 12.0. The minimum absolute atomic E-state index is 0.372. The van der Waals surface area contributed by atoms with E-state index in [0.29, 0.717) is 25.7 Å². The number of aliphatic hydroxyl groups excluding tert-OH is 1. The van der Waals surface area contributed by atoms with Crippen molar-refractivity contribution in [3.8, 4) is 0 Å². The molecule has 1 heterocycles. The lowest BCUT2D eigenvalue weighted by Gasteiger charge is -2.25. The highest BCUT2D eigenvalue weighted by Gasteiger charge is 2.14. The second-order valence-corrected chi connectivity index (χ2v) is 8.46. The Morgan fingerprint density at radius 1 is 1.12 bits per heavy atom. The molecule has 0 fully saturated rings. The van der Waals surface area contributed by atoms with E-state index in [9.17, 15) is 5.11 Å². The van der Waals surface area contributed by atoms with Gasteiger partial charge in [0.2, 0.25) is 0 Å². The highest BCUT2D eigenvalue weighted by Crippen LogP contribution is 2.18. The van der Waals surface area contributed by atoms with Gasteiger partial charge in [-0.15, -0.1) is 11.3 Å². The number of aliphatic hydroxyl groups is 1.